The van der Waals surface area contributed by atoms with E-state index in [-0.39, 0.29) is 11.6 Å². The first-order chi connectivity index (χ1) is 9.15. The molecule has 0 radical (unpaired) electrons. The van der Waals surface area contributed by atoms with E-state index in [2.05, 4.69) is 10.6 Å². The molecule has 19 heavy (non-hydrogen) atoms. The molecule has 1 aromatic carbocycles. The predicted molar refractivity (Wildman–Crippen MR) is 71.0 cm³/mol. The lowest BCUT2D eigenvalue weighted by Gasteiger charge is -2.07. The van der Waals surface area contributed by atoms with Crippen molar-refractivity contribution >= 4 is 12.0 Å². The van der Waals surface area contributed by atoms with Gasteiger partial charge in [0.25, 0.3) is 0 Å². The van der Waals surface area contributed by atoms with Crippen LogP contribution in [0.25, 0.3) is 0 Å². The molecule has 2 rings (SSSR count). The van der Waals surface area contributed by atoms with E-state index in [4.69, 9.17) is 5.11 Å². The van der Waals surface area contributed by atoms with Crippen molar-refractivity contribution < 1.29 is 14.7 Å². The van der Waals surface area contributed by atoms with Crippen LogP contribution >= 0.6 is 0 Å². The van der Waals surface area contributed by atoms with Crippen LogP contribution in [-0.2, 0) is 6.54 Å². The van der Waals surface area contributed by atoms with Gasteiger partial charge in [-0.25, -0.2) is 9.59 Å². The topological polar surface area (TPSA) is 78.4 Å². The smallest absolute Gasteiger partial charge is 0.335 e. The highest BCUT2D eigenvalue weighted by molar-refractivity contribution is 5.87. The van der Waals surface area contributed by atoms with E-state index in [1.54, 1.807) is 18.2 Å². The zero-order valence-electron chi connectivity index (χ0n) is 10.7. The van der Waals surface area contributed by atoms with Gasteiger partial charge in [0.15, 0.2) is 0 Å². The van der Waals surface area contributed by atoms with Crippen LogP contribution < -0.4 is 10.6 Å². The van der Waals surface area contributed by atoms with Crippen molar-refractivity contribution in [3.05, 3.63) is 35.4 Å². The van der Waals surface area contributed by atoms with Crippen LogP contribution in [0.5, 0.6) is 0 Å². The zero-order valence-corrected chi connectivity index (χ0v) is 10.7. The number of benzene rings is 1. The van der Waals surface area contributed by atoms with Crippen molar-refractivity contribution in [1.29, 1.82) is 0 Å². The summed E-state index contributed by atoms with van der Waals surface area (Å²) in [6.45, 7) is 1.03. The van der Waals surface area contributed by atoms with Gasteiger partial charge < -0.3 is 15.7 Å². The third-order valence-electron chi connectivity index (χ3n) is 3.16. The van der Waals surface area contributed by atoms with Gasteiger partial charge in [0.2, 0.25) is 0 Å². The van der Waals surface area contributed by atoms with Crippen molar-refractivity contribution in [3.8, 4) is 0 Å². The van der Waals surface area contributed by atoms with Crippen molar-refractivity contribution in [3.63, 3.8) is 0 Å². The lowest BCUT2D eigenvalue weighted by atomic mass is 10.1. The van der Waals surface area contributed by atoms with Crippen molar-refractivity contribution in [2.45, 2.75) is 25.8 Å². The Labute approximate surface area is 112 Å². The number of nitrogens with one attached hydrogen (secondary N) is 2. The van der Waals surface area contributed by atoms with Crippen molar-refractivity contribution in [1.82, 2.24) is 10.6 Å². The summed E-state index contributed by atoms with van der Waals surface area (Å²) in [5.41, 5.74) is 1.01. The highest BCUT2D eigenvalue weighted by Gasteiger charge is 2.20. The van der Waals surface area contributed by atoms with Crippen LogP contribution in [0, 0.1) is 5.92 Å². The second kappa shape index (κ2) is 6.22. The Balaban J connectivity index is 1.72. The quantitative estimate of drug-likeness (QED) is 0.733. The fraction of sp³-hybridized carbons (Fsp3) is 0.429. The summed E-state index contributed by atoms with van der Waals surface area (Å²) >= 11 is 0. The Morgan fingerprint density at radius 2 is 2.05 bits per heavy atom. The van der Waals surface area contributed by atoms with Crippen molar-refractivity contribution in [2.75, 3.05) is 6.54 Å². The second-order valence-corrected chi connectivity index (χ2v) is 4.85. The maximum atomic E-state index is 11.5. The summed E-state index contributed by atoms with van der Waals surface area (Å²) in [7, 11) is 0. The van der Waals surface area contributed by atoms with E-state index in [0.717, 1.165) is 17.9 Å². The molecule has 1 aliphatic carbocycles. The average Bonchev–Trinajstić information content (AvgIpc) is 3.21. The first-order valence-corrected chi connectivity index (χ1v) is 6.49. The minimum Gasteiger partial charge on any atom is -0.478 e. The van der Waals surface area contributed by atoms with E-state index in [9.17, 15) is 9.59 Å². The molecule has 0 atom stereocenters. The normalized spacial score (nSPS) is 13.9. The van der Waals surface area contributed by atoms with Gasteiger partial charge in [-0.2, -0.15) is 0 Å². The number of urea groups is 1. The number of hydrogen-bond acceptors (Lipinski definition) is 2. The Morgan fingerprint density at radius 3 is 2.74 bits per heavy atom. The maximum Gasteiger partial charge on any atom is 0.335 e. The summed E-state index contributed by atoms with van der Waals surface area (Å²) in [4.78, 5) is 22.3. The summed E-state index contributed by atoms with van der Waals surface area (Å²) in [5.74, 6) is -0.164. The monoisotopic (exact) mass is 262 g/mol. The number of aromatic carboxylic acids is 1. The van der Waals surface area contributed by atoms with E-state index >= 15 is 0 Å². The molecule has 0 saturated heterocycles. The summed E-state index contributed by atoms with van der Waals surface area (Å²) in [6.07, 6.45) is 3.61. The molecule has 0 unspecified atom stereocenters. The van der Waals surface area contributed by atoms with E-state index in [1.165, 1.54) is 18.9 Å². The first-order valence-electron chi connectivity index (χ1n) is 6.49. The number of carboxylic acid groups (broad SMARTS) is 1. The molecule has 1 fully saturated rings. The highest BCUT2D eigenvalue weighted by Crippen LogP contribution is 2.31. The lowest BCUT2D eigenvalue weighted by molar-refractivity contribution is 0.0696. The van der Waals surface area contributed by atoms with E-state index in [0.29, 0.717) is 13.1 Å². The molecule has 0 aromatic heterocycles. The predicted octanol–water partition coefficient (Wildman–Crippen LogP) is 1.98. The molecule has 0 aliphatic heterocycles. The van der Waals surface area contributed by atoms with Gasteiger partial charge in [0, 0.05) is 13.1 Å². The molecule has 1 aromatic rings. The van der Waals surface area contributed by atoms with Gasteiger partial charge in [-0.3, -0.25) is 0 Å². The number of rotatable bonds is 6. The minimum atomic E-state index is -0.962. The van der Waals surface area contributed by atoms with Crippen LogP contribution in [-0.4, -0.2) is 23.7 Å². The van der Waals surface area contributed by atoms with Crippen LogP contribution in [0.3, 0.4) is 0 Å². The molecule has 0 spiro atoms. The first kappa shape index (κ1) is 13.4. The zero-order chi connectivity index (χ0) is 13.7. The van der Waals surface area contributed by atoms with Crippen LogP contribution in [0.4, 0.5) is 4.79 Å². The Kier molecular flexibility index (Phi) is 4.39. The number of carbonyl (C=O) groups is 2. The molecule has 2 amide bonds. The van der Waals surface area contributed by atoms with E-state index < -0.39 is 5.97 Å². The Morgan fingerprint density at radius 1 is 1.26 bits per heavy atom. The van der Waals surface area contributed by atoms with Gasteiger partial charge in [-0.15, -0.1) is 0 Å². The van der Waals surface area contributed by atoms with Gasteiger partial charge in [-0.05, 0) is 30.0 Å². The molecular weight excluding hydrogens is 244 g/mol. The van der Waals surface area contributed by atoms with Crippen molar-refractivity contribution in [2.24, 2.45) is 5.92 Å². The molecule has 1 aliphatic rings. The number of amides is 2. The summed E-state index contributed by atoms with van der Waals surface area (Å²) < 4.78 is 0. The van der Waals surface area contributed by atoms with Gasteiger partial charge in [-0.1, -0.05) is 25.0 Å². The largest absolute Gasteiger partial charge is 0.478 e. The molecule has 3 N–H and O–H groups in total. The van der Waals surface area contributed by atoms with Gasteiger partial charge in [0.1, 0.15) is 0 Å². The second-order valence-electron chi connectivity index (χ2n) is 4.85. The molecule has 102 valence electrons. The summed E-state index contributed by atoms with van der Waals surface area (Å²) in [5, 5.41) is 14.4. The standard InChI is InChI=1S/C14H18N2O3/c17-13(18)12-3-1-2-11(8-12)9-16-14(19)15-7-6-10-4-5-10/h1-3,8,10H,4-7,9H2,(H,17,18)(H2,15,16,19). The van der Waals surface area contributed by atoms with Crippen LogP contribution in [0.1, 0.15) is 35.2 Å². The maximum absolute atomic E-state index is 11.5. The fourth-order valence-electron chi connectivity index (χ4n) is 1.86. The molecule has 5 nitrogen and oxygen atoms in total. The summed E-state index contributed by atoms with van der Waals surface area (Å²) in [6, 6.07) is 6.35. The fourth-order valence-corrected chi connectivity index (χ4v) is 1.86. The molecule has 0 heterocycles. The Hall–Kier alpha value is -2.04. The van der Waals surface area contributed by atoms with Gasteiger partial charge >= 0.3 is 12.0 Å². The lowest BCUT2D eigenvalue weighted by Crippen LogP contribution is -2.35. The SMILES string of the molecule is O=C(NCCC1CC1)NCc1cccc(C(=O)O)c1. The van der Waals surface area contributed by atoms with Gasteiger partial charge in [0.05, 0.1) is 5.56 Å². The van der Waals surface area contributed by atoms with E-state index in [1.807, 2.05) is 0 Å². The molecule has 0 bridgehead atoms. The third kappa shape index (κ3) is 4.62. The Bertz CT molecular complexity index is 470. The van der Waals surface area contributed by atoms with Crippen LogP contribution in [0.15, 0.2) is 24.3 Å². The molecular formula is C14H18N2O3. The average molecular weight is 262 g/mol. The molecule has 5 heteroatoms. The molecule has 1 saturated carbocycles. The third-order valence-corrected chi connectivity index (χ3v) is 3.16. The number of carbonyl (C=O) groups excluding carboxylic acids is 1. The number of carboxylic acids is 1. The number of hydrogen-bond donors (Lipinski definition) is 3. The van der Waals surface area contributed by atoms with Crippen LogP contribution in [0.2, 0.25) is 0 Å². The minimum absolute atomic E-state index is 0.207. The highest BCUT2D eigenvalue weighted by atomic mass is 16.4.